The number of rotatable bonds is 8. The van der Waals surface area contributed by atoms with Gasteiger partial charge in [0.1, 0.15) is 5.75 Å². The molecule has 0 spiro atoms. The van der Waals surface area contributed by atoms with Crippen molar-refractivity contribution in [3.05, 3.63) is 47.4 Å². The molecule has 4 rings (SSSR count). The molecule has 0 atom stereocenters. The van der Waals surface area contributed by atoms with Crippen molar-refractivity contribution in [2.24, 2.45) is 4.99 Å². The van der Waals surface area contributed by atoms with Crippen LogP contribution in [-0.4, -0.2) is 61.4 Å². The van der Waals surface area contributed by atoms with Crippen molar-refractivity contribution in [2.45, 2.75) is 25.4 Å². The van der Waals surface area contributed by atoms with Gasteiger partial charge in [0.15, 0.2) is 0 Å². The van der Waals surface area contributed by atoms with Gasteiger partial charge in [-0.3, -0.25) is 20.4 Å². The Bertz CT molecular complexity index is 1340. The van der Waals surface area contributed by atoms with E-state index < -0.39 is 0 Å². The van der Waals surface area contributed by atoms with Gasteiger partial charge in [0.25, 0.3) is 0 Å². The van der Waals surface area contributed by atoms with Crippen LogP contribution in [0, 0.1) is 13.8 Å². The maximum Gasteiger partial charge on any atom is 0.237 e. The fraction of sp³-hybridized carbons (Fsp3) is 0.273. The third kappa shape index (κ3) is 6.47. The zero-order valence-electron chi connectivity index (χ0n) is 19.5. The average molecular weight is 495 g/mol. The summed E-state index contributed by atoms with van der Waals surface area (Å²) >= 11 is 1.15. The van der Waals surface area contributed by atoms with E-state index >= 15 is 0 Å². The number of carbonyl (C=O) groups excluding carboxylic acids is 1. The number of hydrogen-bond acceptors (Lipinski definition) is 9. The van der Waals surface area contributed by atoms with Crippen LogP contribution in [0.5, 0.6) is 5.75 Å². The van der Waals surface area contributed by atoms with Crippen LogP contribution >= 0.6 is 11.8 Å². The first kappa shape index (κ1) is 24.0. The number of nitrogens with two attached hydrogens (primary N) is 1. The number of carbonyl (C=O) groups is 1. The molecule has 182 valence electrons. The zero-order chi connectivity index (χ0) is 24.8. The lowest BCUT2D eigenvalue weighted by Crippen LogP contribution is -2.38. The summed E-state index contributed by atoms with van der Waals surface area (Å²) < 4.78 is 5.34. The number of ether oxygens (including phenoxy) is 1. The summed E-state index contributed by atoms with van der Waals surface area (Å²) in [6.07, 6.45) is 2.60. The number of nitrogens with one attached hydrogen (secondary N) is 4. The predicted octanol–water partition coefficient (Wildman–Crippen LogP) is 2.20. The molecule has 0 aliphatic heterocycles. The topological polar surface area (TPSA) is 172 Å². The van der Waals surface area contributed by atoms with Crippen molar-refractivity contribution in [1.29, 1.82) is 0 Å². The van der Waals surface area contributed by atoms with Gasteiger partial charge in [0, 0.05) is 35.0 Å². The van der Waals surface area contributed by atoms with Gasteiger partial charge in [0.2, 0.25) is 28.9 Å². The summed E-state index contributed by atoms with van der Waals surface area (Å²) in [6.45, 7) is 4.17. The number of guanidine groups is 1. The molecule has 0 aliphatic rings. The van der Waals surface area contributed by atoms with Crippen molar-refractivity contribution in [3.8, 4) is 5.75 Å². The van der Waals surface area contributed by atoms with Crippen LogP contribution in [0.1, 0.15) is 17.0 Å². The molecule has 3 aromatic heterocycles. The standard InChI is InChI=1S/C22H26N10O2S/c1-12-8-13(2)27-21(26-12)30-20(28-18(33)11-35-22-29-19(23)31-32-22)24-7-6-14-10-25-17-5-4-15(34-3)9-16(14)17/h4-5,8-10,25H,6-7,11H2,1-3H3,(H3,23,29,31,32)(H2,24,26,27,28,30,33). The van der Waals surface area contributed by atoms with E-state index in [4.69, 9.17) is 10.5 Å². The Labute approximate surface area is 205 Å². The van der Waals surface area contributed by atoms with Gasteiger partial charge in [-0.05, 0) is 50.1 Å². The molecule has 0 bridgehead atoms. The summed E-state index contributed by atoms with van der Waals surface area (Å²) in [5.41, 5.74) is 9.24. The van der Waals surface area contributed by atoms with Gasteiger partial charge in [-0.15, -0.1) is 5.10 Å². The predicted molar refractivity (Wildman–Crippen MR) is 136 cm³/mol. The Hall–Kier alpha value is -4.13. The summed E-state index contributed by atoms with van der Waals surface area (Å²) in [6, 6.07) is 7.74. The molecule has 12 nitrogen and oxygen atoms in total. The number of benzene rings is 1. The van der Waals surface area contributed by atoms with E-state index in [2.05, 4.69) is 45.8 Å². The Balaban J connectivity index is 1.47. The molecule has 13 heteroatoms. The fourth-order valence-corrected chi connectivity index (χ4v) is 4.00. The molecule has 1 amide bonds. The van der Waals surface area contributed by atoms with Gasteiger partial charge in [-0.2, -0.15) is 4.98 Å². The Kier molecular flexibility index (Phi) is 7.45. The van der Waals surface area contributed by atoms with E-state index in [1.165, 1.54) is 0 Å². The number of methoxy groups -OCH3 is 1. The van der Waals surface area contributed by atoms with E-state index in [1.807, 2.05) is 44.3 Å². The van der Waals surface area contributed by atoms with E-state index in [-0.39, 0.29) is 23.6 Å². The van der Waals surface area contributed by atoms with E-state index in [0.717, 1.165) is 45.4 Å². The summed E-state index contributed by atoms with van der Waals surface area (Å²) in [7, 11) is 1.64. The molecule has 0 saturated heterocycles. The van der Waals surface area contributed by atoms with Gasteiger partial charge < -0.3 is 15.5 Å². The van der Waals surface area contributed by atoms with E-state index in [0.29, 0.717) is 24.1 Å². The lowest BCUT2D eigenvalue weighted by molar-refractivity contribution is -0.117. The van der Waals surface area contributed by atoms with E-state index in [1.54, 1.807) is 7.11 Å². The number of thioether (sulfide) groups is 1. The number of aromatic nitrogens is 6. The van der Waals surface area contributed by atoms with Gasteiger partial charge >= 0.3 is 0 Å². The quantitative estimate of drug-likeness (QED) is 0.140. The van der Waals surface area contributed by atoms with Crippen molar-refractivity contribution < 1.29 is 9.53 Å². The normalized spacial score (nSPS) is 11.6. The number of hydrogen-bond donors (Lipinski definition) is 5. The minimum Gasteiger partial charge on any atom is -0.497 e. The van der Waals surface area contributed by atoms with Crippen molar-refractivity contribution >= 4 is 46.4 Å². The van der Waals surface area contributed by atoms with Crippen LogP contribution < -0.4 is 21.1 Å². The third-order valence-electron chi connectivity index (χ3n) is 4.91. The van der Waals surface area contributed by atoms with Gasteiger partial charge in [0.05, 0.1) is 12.9 Å². The number of fused-ring (bicyclic) bond motifs is 1. The van der Waals surface area contributed by atoms with Crippen molar-refractivity contribution in [3.63, 3.8) is 0 Å². The Morgan fingerprint density at radius 1 is 1.20 bits per heavy atom. The van der Waals surface area contributed by atoms with Crippen LogP contribution in [0.15, 0.2) is 40.6 Å². The summed E-state index contributed by atoms with van der Waals surface area (Å²) in [5.74, 6) is 1.38. The second kappa shape index (κ2) is 10.9. The second-order valence-corrected chi connectivity index (χ2v) is 8.59. The highest BCUT2D eigenvalue weighted by Crippen LogP contribution is 2.24. The minimum absolute atomic E-state index is 0.0773. The molecule has 0 aliphatic carbocycles. The molecule has 0 saturated carbocycles. The highest BCUT2D eigenvalue weighted by atomic mass is 32.2. The summed E-state index contributed by atoms with van der Waals surface area (Å²) in [4.78, 5) is 33.2. The first-order chi connectivity index (χ1) is 16.9. The van der Waals surface area contributed by atoms with E-state index in [9.17, 15) is 4.79 Å². The molecule has 0 radical (unpaired) electrons. The largest absolute Gasteiger partial charge is 0.497 e. The molecule has 0 unspecified atom stereocenters. The van der Waals surface area contributed by atoms with Crippen LogP contribution in [0.4, 0.5) is 11.9 Å². The molecule has 3 heterocycles. The van der Waals surface area contributed by atoms with Crippen LogP contribution in [0.25, 0.3) is 10.9 Å². The third-order valence-corrected chi connectivity index (χ3v) is 5.76. The lowest BCUT2D eigenvalue weighted by Gasteiger charge is -2.11. The van der Waals surface area contributed by atoms with Crippen molar-refractivity contribution in [2.75, 3.05) is 30.5 Å². The number of anilines is 2. The molecular formula is C22H26N10O2S. The van der Waals surface area contributed by atoms with Crippen molar-refractivity contribution in [1.82, 2.24) is 35.5 Å². The van der Waals surface area contributed by atoms with Crippen LogP contribution in [0.3, 0.4) is 0 Å². The molecule has 1 aromatic carbocycles. The number of H-pyrrole nitrogens is 2. The molecule has 0 fully saturated rings. The highest BCUT2D eigenvalue weighted by Gasteiger charge is 2.12. The highest BCUT2D eigenvalue weighted by molar-refractivity contribution is 7.99. The first-order valence-electron chi connectivity index (χ1n) is 10.8. The smallest absolute Gasteiger partial charge is 0.237 e. The number of nitrogen functional groups attached to an aromatic ring is 1. The number of nitrogens with zero attached hydrogens (tertiary/aromatic N) is 5. The summed E-state index contributed by atoms with van der Waals surface area (Å²) in [5, 5.41) is 13.7. The lowest BCUT2D eigenvalue weighted by atomic mass is 10.1. The minimum atomic E-state index is -0.286. The second-order valence-electron chi connectivity index (χ2n) is 7.65. The Morgan fingerprint density at radius 3 is 2.71 bits per heavy atom. The van der Waals surface area contributed by atoms with Gasteiger partial charge in [-0.1, -0.05) is 11.8 Å². The number of aromatic amines is 2. The number of aliphatic imine (C=N–C) groups is 1. The number of amides is 1. The maximum atomic E-state index is 12.6. The number of aryl methyl sites for hydroxylation is 2. The maximum absolute atomic E-state index is 12.6. The van der Waals surface area contributed by atoms with Gasteiger partial charge in [-0.25, -0.2) is 15.1 Å². The molecule has 4 aromatic rings. The van der Waals surface area contributed by atoms with Crippen LogP contribution in [0.2, 0.25) is 0 Å². The first-order valence-corrected chi connectivity index (χ1v) is 11.8. The van der Waals surface area contributed by atoms with Crippen LogP contribution in [-0.2, 0) is 11.2 Å². The molecule has 6 N–H and O–H groups in total. The monoisotopic (exact) mass is 494 g/mol. The average Bonchev–Trinajstić information content (AvgIpc) is 3.42. The SMILES string of the molecule is COc1ccc2[nH]cc(CCN=C(NC(=O)CSc3n[nH]c(N)n3)Nc3nc(C)cc(C)n3)c2c1. The Morgan fingerprint density at radius 2 is 2.00 bits per heavy atom. The molecule has 35 heavy (non-hydrogen) atoms. The molecular weight excluding hydrogens is 468 g/mol. The fourth-order valence-electron chi connectivity index (χ4n) is 3.40. The zero-order valence-corrected chi connectivity index (χ0v) is 20.4.